The molecule has 0 fully saturated rings. The number of carbonyl (C=O) groups is 1. The largest absolute Gasteiger partial charge is 0.467 e. The smallest absolute Gasteiger partial charge is 0.228 e. The fraction of sp³-hybridized carbons (Fsp3) is 0.375. The third-order valence-electron chi connectivity index (χ3n) is 1.67. The van der Waals surface area contributed by atoms with Crippen molar-refractivity contribution in [2.24, 2.45) is 5.11 Å². The highest BCUT2D eigenvalue weighted by atomic mass is 16.3. The van der Waals surface area contributed by atoms with Gasteiger partial charge in [-0.15, -0.1) is 0 Å². The summed E-state index contributed by atoms with van der Waals surface area (Å²) in [6.45, 7) is 0.223. The van der Waals surface area contributed by atoms with Crippen LogP contribution in [0.15, 0.2) is 27.9 Å². The highest BCUT2D eigenvalue weighted by Gasteiger charge is 2.08. The van der Waals surface area contributed by atoms with Crippen LogP contribution in [0.25, 0.3) is 10.4 Å². The summed E-state index contributed by atoms with van der Waals surface area (Å²) in [5.41, 5.74) is 8.02. The fourth-order valence-electron chi connectivity index (χ4n) is 0.937. The van der Waals surface area contributed by atoms with E-state index in [9.17, 15) is 4.79 Å². The molecule has 1 rings (SSSR count). The molecule has 0 radical (unpaired) electrons. The molecule has 14 heavy (non-hydrogen) atoms. The Morgan fingerprint density at radius 2 is 2.57 bits per heavy atom. The van der Waals surface area contributed by atoms with Crippen molar-refractivity contribution in [2.75, 3.05) is 13.6 Å². The Hall–Kier alpha value is -1.94. The van der Waals surface area contributed by atoms with Gasteiger partial charge < -0.3 is 9.32 Å². The number of likely N-dealkylation sites (N-methyl/N-ethyl adjacent to an activating group) is 1. The van der Waals surface area contributed by atoms with Gasteiger partial charge in [0.1, 0.15) is 12.3 Å². The highest BCUT2D eigenvalue weighted by Crippen LogP contribution is 2.03. The van der Waals surface area contributed by atoms with Crippen LogP contribution in [0.5, 0.6) is 0 Å². The lowest BCUT2D eigenvalue weighted by molar-refractivity contribution is -0.129. The quantitative estimate of drug-likeness (QED) is 0.414. The van der Waals surface area contributed by atoms with Crippen LogP contribution in [0.2, 0.25) is 0 Å². The first-order valence-electron chi connectivity index (χ1n) is 4.01. The molecule has 0 bridgehead atoms. The topological polar surface area (TPSA) is 82.2 Å². The summed E-state index contributed by atoms with van der Waals surface area (Å²) in [5.74, 6) is 0.459. The Morgan fingerprint density at radius 1 is 1.79 bits per heavy atom. The second-order valence-corrected chi connectivity index (χ2v) is 2.72. The molecule has 0 aliphatic rings. The lowest BCUT2D eigenvalue weighted by Crippen LogP contribution is -2.27. The van der Waals surface area contributed by atoms with Crippen LogP contribution in [0.4, 0.5) is 0 Å². The number of carbonyl (C=O) groups excluding carboxylic acids is 1. The van der Waals surface area contributed by atoms with Gasteiger partial charge in [0.15, 0.2) is 0 Å². The molecule has 6 nitrogen and oxygen atoms in total. The molecule has 0 N–H and O–H groups in total. The minimum atomic E-state index is -0.237. The molecule has 0 aliphatic carbocycles. The van der Waals surface area contributed by atoms with Gasteiger partial charge in [-0.1, -0.05) is 5.11 Å². The molecule has 0 aliphatic heterocycles. The number of rotatable bonds is 4. The zero-order valence-electron chi connectivity index (χ0n) is 7.75. The third kappa shape index (κ3) is 2.84. The van der Waals surface area contributed by atoms with Gasteiger partial charge in [0.2, 0.25) is 5.91 Å². The highest BCUT2D eigenvalue weighted by molar-refractivity contribution is 5.77. The van der Waals surface area contributed by atoms with Crippen molar-refractivity contribution in [3.63, 3.8) is 0 Å². The molecule has 0 saturated heterocycles. The molecule has 1 aromatic rings. The first-order valence-corrected chi connectivity index (χ1v) is 4.01. The minimum Gasteiger partial charge on any atom is -0.467 e. The van der Waals surface area contributed by atoms with Crippen molar-refractivity contribution in [1.82, 2.24) is 4.90 Å². The zero-order chi connectivity index (χ0) is 10.4. The van der Waals surface area contributed by atoms with Crippen molar-refractivity contribution in [1.29, 1.82) is 0 Å². The summed E-state index contributed by atoms with van der Waals surface area (Å²) >= 11 is 0. The van der Waals surface area contributed by atoms with E-state index in [1.165, 1.54) is 4.90 Å². The van der Waals surface area contributed by atoms with Crippen molar-refractivity contribution < 1.29 is 9.21 Å². The third-order valence-corrected chi connectivity index (χ3v) is 1.67. The van der Waals surface area contributed by atoms with Crippen LogP contribution in [0, 0.1) is 0 Å². The molecule has 0 saturated carbocycles. The van der Waals surface area contributed by atoms with Crippen LogP contribution < -0.4 is 0 Å². The van der Waals surface area contributed by atoms with E-state index in [2.05, 4.69) is 10.0 Å². The van der Waals surface area contributed by atoms with Gasteiger partial charge in [-0.3, -0.25) is 4.79 Å². The standard InChI is InChI=1S/C8H10N4O2/c1-12(8(13)5-10-11-9)6-7-3-2-4-14-7/h2-4H,5-6H2,1H3. The van der Waals surface area contributed by atoms with E-state index in [4.69, 9.17) is 9.95 Å². The molecule has 0 aromatic carbocycles. The van der Waals surface area contributed by atoms with Gasteiger partial charge >= 0.3 is 0 Å². The van der Waals surface area contributed by atoms with Gasteiger partial charge in [-0.25, -0.2) is 0 Å². The summed E-state index contributed by atoms with van der Waals surface area (Å²) in [6, 6.07) is 3.53. The number of furan rings is 1. The van der Waals surface area contributed by atoms with Crippen LogP contribution in [0.3, 0.4) is 0 Å². The number of hydrogen-bond acceptors (Lipinski definition) is 3. The molecular weight excluding hydrogens is 184 g/mol. The predicted octanol–water partition coefficient (Wildman–Crippen LogP) is 1.55. The number of nitrogens with zero attached hydrogens (tertiary/aromatic N) is 4. The van der Waals surface area contributed by atoms with E-state index in [1.807, 2.05) is 0 Å². The maximum atomic E-state index is 11.2. The average Bonchev–Trinajstić information content (AvgIpc) is 2.66. The Morgan fingerprint density at radius 3 is 3.14 bits per heavy atom. The Kier molecular flexibility index (Phi) is 3.58. The SMILES string of the molecule is CN(Cc1ccco1)C(=O)CN=[N+]=[N-]. The van der Waals surface area contributed by atoms with Crippen LogP contribution >= 0.6 is 0 Å². The van der Waals surface area contributed by atoms with Crippen LogP contribution in [-0.2, 0) is 11.3 Å². The second-order valence-electron chi connectivity index (χ2n) is 2.72. The maximum Gasteiger partial charge on any atom is 0.228 e. The van der Waals surface area contributed by atoms with E-state index < -0.39 is 0 Å². The van der Waals surface area contributed by atoms with Crippen molar-refractivity contribution >= 4 is 5.91 Å². The van der Waals surface area contributed by atoms with Crippen molar-refractivity contribution in [3.05, 3.63) is 34.6 Å². The minimum absolute atomic E-state index is 0.159. The van der Waals surface area contributed by atoms with E-state index in [0.29, 0.717) is 12.3 Å². The lowest BCUT2D eigenvalue weighted by atomic mass is 10.4. The maximum absolute atomic E-state index is 11.2. The lowest BCUT2D eigenvalue weighted by Gasteiger charge is -2.13. The first kappa shape index (κ1) is 10.1. The van der Waals surface area contributed by atoms with Gasteiger partial charge in [-0.2, -0.15) is 0 Å². The molecule has 0 unspecified atom stereocenters. The Labute approximate surface area is 80.7 Å². The molecular formula is C8H10N4O2. The number of amides is 1. The molecule has 0 atom stereocenters. The van der Waals surface area contributed by atoms with E-state index >= 15 is 0 Å². The van der Waals surface area contributed by atoms with E-state index in [-0.39, 0.29) is 12.5 Å². The van der Waals surface area contributed by atoms with Crippen molar-refractivity contribution in [3.8, 4) is 0 Å². The normalized spacial score (nSPS) is 9.21. The first-order chi connectivity index (χ1) is 6.74. The van der Waals surface area contributed by atoms with Crippen LogP contribution in [0.1, 0.15) is 5.76 Å². The number of azide groups is 1. The Bertz CT molecular complexity index is 340. The molecule has 1 heterocycles. The van der Waals surface area contributed by atoms with E-state index in [1.54, 1.807) is 25.4 Å². The summed E-state index contributed by atoms with van der Waals surface area (Å²) in [5, 5.41) is 3.18. The van der Waals surface area contributed by atoms with Gasteiger partial charge in [0.05, 0.1) is 12.8 Å². The van der Waals surface area contributed by atoms with Gasteiger partial charge in [-0.05, 0) is 17.7 Å². The predicted molar refractivity (Wildman–Crippen MR) is 49.2 cm³/mol. The second kappa shape index (κ2) is 4.94. The average molecular weight is 194 g/mol. The van der Waals surface area contributed by atoms with Crippen LogP contribution in [-0.4, -0.2) is 24.4 Å². The van der Waals surface area contributed by atoms with Gasteiger partial charge in [0.25, 0.3) is 0 Å². The van der Waals surface area contributed by atoms with Gasteiger partial charge in [0, 0.05) is 12.0 Å². The monoisotopic (exact) mass is 194 g/mol. The molecule has 74 valence electrons. The summed E-state index contributed by atoms with van der Waals surface area (Å²) in [6.07, 6.45) is 1.54. The molecule has 1 amide bonds. The summed E-state index contributed by atoms with van der Waals surface area (Å²) in [7, 11) is 1.62. The zero-order valence-corrected chi connectivity index (χ0v) is 7.75. The Balaban J connectivity index is 2.45. The molecule has 0 spiro atoms. The summed E-state index contributed by atoms with van der Waals surface area (Å²) in [4.78, 5) is 15.2. The number of hydrogen-bond donors (Lipinski definition) is 0. The molecule has 6 heteroatoms. The fourth-order valence-corrected chi connectivity index (χ4v) is 0.937. The van der Waals surface area contributed by atoms with E-state index in [0.717, 1.165) is 0 Å². The summed E-state index contributed by atoms with van der Waals surface area (Å²) < 4.78 is 5.06. The molecule has 1 aromatic heterocycles. The van der Waals surface area contributed by atoms with Crippen molar-refractivity contribution in [2.45, 2.75) is 6.54 Å².